The van der Waals surface area contributed by atoms with Crippen molar-refractivity contribution in [1.29, 1.82) is 0 Å². The van der Waals surface area contributed by atoms with Crippen LogP contribution in [0.15, 0.2) is 24.3 Å². The summed E-state index contributed by atoms with van der Waals surface area (Å²) in [5.74, 6) is 0.0505. The van der Waals surface area contributed by atoms with Crippen molar-refractivity contribution in [2.45, 2.75) is 58.5 Å². The van der Waals surface area contributed by atoms with E-state index in [1.54, 1.807) is 11.0 Å². The van der Waals surface area contributed by atoms with Crippen molar-refractivity contribution >= 4 is 23.7 Å². The molecule has 29 heavy (non-hydrogen) atoms. The fraction of sp³-hybridized carbons (Fsp3) is 0.591. The van der Waals surface area contributed by atoms with E-state index in [4.69, 9.17) is 4.74 Å². The molecular weight excluding hydrogens is 370 g/mol. The maximum Gasteiger partial charge on any atom is 0.410 e. The first-order chi connectivity index (χ1) is 13.5. The number of imide groups is 1. The normalized spacial score (nSPS) is 19.1. The van der Waals surface area contributed by atoms with Gasteiger partial charge in [0.1, 0.15) is 5.60 Å². The summed E-state index contributed by atoms with van der Waals surface area (Å²) in [7, 11) is 0. The van der Waals surface area contributed by atoms with Gasteiger partial charge in [-0.2, -0.15) is 0 Å². The third kappa shape index (κ3) is 4.38. The number of likely N-dealkylation sites (tertiary alicyclic amines) is 1. The molecule has 1 aromatic rings. The summed E-state index contributed by atoms with van der Waals surface area (Å²) in [6.07, 6.45) is 1.28. The first kappa shape index (κ1) is 21.1. The molecule has 158 valence electrons. The lowest BCUT2D eigenvalue weighted by molar-refractivity contribution is -0.121. The molecule has 2 aliphatic heterocycles. The van der Waals surface area contributed by atoms with Crippen molar-refractivity contribution in [1.82, 2.24) is 10.2 Å². The van der Waals surface area contributed by atoms with E-state index in [9.17, 15) is 14.4 Å². The van der Waals surface area contributed by atoms with Gasteiger partial charge in [-0.3, -0.25) is 4.79 Å². The van der Waals surface area contributed by atoms with Crippen LogP contribution in [0.1, 0.15) is 53.0 Å². The van der Waals surface area contributed by atoms with Crippen LogP contribution in [-0.2, 0) is 14.9 Å². The maximum atomic E-state index is 12.8. The fourth-order valence-electron chi connectivity index (χ4n) is 3.86. The monoisotopic (exact) mass is 401 g/mol. The highest BCUT2D eigenvalue weighted by atomic mass is 16.6. The molecule has 0 atom stereocenters. The molecule has 1 saturated heterocycles. The number of nitrogens with one attached hydrogen (secondary N) is 1. The Balaban J connectivity index is 1.54. The third-order valence-electron chi connectivity index (χ3n) is 5.57. The number of rotatable bonds is 2. The largest absolute Gasteiger partial charge is 0.444 e. The summed E-state index contributed by atoms with van der Waals surface area (Å²) >= 11 is 0. The van der Waals surface area contributed by atoms with Gasteiger partial charge in [0, 0.05) is 19.6 Å². The molecule has 0 saturated carbocycles. The Morgan fingerprint density at radius 3 is 2.41 bits per heavy atom. The van der Waals surface area contributed by atoms with Crippen molar-refractivity contribution in [2.75, 3.05) is 24.5 Å². The topological polar surface area (TPSA) is 79.0 Å². The number of carbonyl (C=O) groups excluding carboxylic acids is 3. The number of piperidine rings is 1. The van der Waals surface area contributed by atoms with Gasteiger partial charge < -0.3 is 15.0 Å². The molecule has 2 heterocycles. The molecule has 4 amide bonds. The van der Waals surface area contributed by atoms with Gasteiger partial charge >= 0.3 is 12.1 Å². The van der Waals surface area contributed by atoms with Gasteiger partial charge in [-0.15, -0.1) is 0 Å². The van der Waals surface area contributed by atoms with Crippen LogP contribution in [0.2, 0.25) is 0 Å². The molecule has 0 spiro atoms. The average Bonchev–Trinajstić information content (AvgIpc) is 2.85. The van der Waals surface area contributed by atoms with Gasteiger partial charge in [0.15, 0.2) is 0 Å². The molecule has 2 aliphatic rings. The van der Waals surface area contributed by atoms with Crippen molar-refractivity contribution in [2.24, 2.45) is 5.92 Å². The van der Waals surface area contributed by atoms with Gasteiger partial charge in [-0.05, 0) is 65.0 Å². The van der Waals surface area contributed by atoms with Gasteiger partial charge in [0.2, 0.25) is 5.91 Å². The van der Waals surface area contributed by atoms with E-state index >= 15 is 0 Å². The van der Waals surface area contributed by atoms with Crippen LogP contribution in [-0.4, -0.2) is 48.2 Å². The lowest BCUT2D eigenvalue weighted by atomic mass is 9.86. The number of anilines is 1. The second kappa shape index (κ2) is 7.69. The summed E-state index contributed by atoms with van der Waals surface area (Å²) < 4.78 is 5.42. The van der Waals surface area contributed by atoms with E-state index in [1.165, 1.54) is 4.90 Å². The number of urea groups is 1. The van der Waals surface area contributed by atoms with Gasteiger partial charge in [0.05, 0.1) is 11.1 Å². The number of hydrogen-bond acceptors (Lipinski definition) is 4. The van der Waals surface area contributed by atoms with Crippen molar-refractivity contribution in [3.05, 3.63) is 29.8 Å². The van der Waals surface area contributed by atoms with Crippen molar-refractivity contribution < 1.29 is 19.1 Å². The van der Waals surface area contributed by atoms with E-state index in [0.29, 0.717) is 25.3 Å². The smallest absolute Gasteiger partial charge is 0.410 e. The zero-order valence-corrected chi connectivity index (χ0v) is 17.9. The van der Waals surface area contributed by atoms with Gasteiger partial charge in [-0.25, -0.2) is 14.5 Å². The van der Waals surface area contributed by atoms with Crippen LogP contribution in [0.25, 0.3) is 0 Å². The van der Waals surface area contributed by atoms with E-state index in [1.807, 2.05) is 52.8 Å². The van der Waals surface area contributed by atoms with E-state index in [-0.39, 0.29) is 23.9 Å². The molecule has 0 unspecified atom stereocenters. The Kier molecular flexibility index (Phi) is 5.61. The van der Waals surface area contributed by atoms with Crippen LogP contribution in [0.3, 0.4) is 0 Å². The molecule has 7 heteroatoms. The highest BCUT2D eigenvalue weighted by Gasteiger charge is 2.46. The number of benzene rings is 1. The minimum absolute atomic E-state index is 0.212. The summed E-state index contributed by atoms with van der Waals surface area (Å²) in [6, 6.07) is 7.03. The molecule has 7 nitrogen and oxygen atoms in total. The highest BCUT2D eigenvalue weighted by molar-refractivity contribution is 6.22. The number of carbonyl (C=O) groups is 3. The quantitative estimate of drug-likeness (QED) is 0.820. The molecule has 0 aromatic heterocycles. The zero-order chi connectivity index (χ0) is 21.4. The van der Waals surface area contributed by atoms with E-state index in [0.717, 1.165) is 18.4 Å². The van der Waals surface area contributed by atoms with Crippen molar-refractivity contribution in [3.8, 4) is 0 Å². The fourth-order valence-corrected chi connectivity index (χ4v) is 3.86. The van der Waals surface area contributed by atoms with Gasteiger partial charge in [0.25, 0.3) is 0 Å². The number of amides is 4. The Labute approximate surface area is 172 Å². The Bertz CT molecular complexity index is 805. The molecule has 1 N–H and O–H groups in total. The molecular formula is C22H31N3O4. The summed E-state index contributed by atoms with van der Waals surface area (Å²) in [6.45, 7) is 10.9. The van der Waals surface area contributed by atoms with Crippen molar-refractivity contribution in [3.63, 3.8) is 0 Å². The molecule has 0 aliphatic carbocycles. The predicted molar refractivity (Wildman–Crippen MR) is 111 cm³/mol. The van der Waals surface area contributed by atoms with Crippen LogP contribution in [0.4, 0.5) is 15.3 Å². The molecule has 1 fully saturated rings. The van der Waals surface area contributed by atoms with Crippen LogP contribution < -0.4 is 10.2 Å². The number of hydrogen-bond donors (Lipinski definition) is 1. The Hall–Kier alpha value is -2.57. The molecule has 0 bridgehead atoms. The van der Waals surface area contributed by atoms with E-state index in [2.05, 4.69) is 5.32 Å². The summed E-state index contributed by atoms with van der Waals surface area (Å²) in [5.41, 5.74) is 0.298. The average molecular weight is 402 g/mol. The van der Waals surface area contributed by atoms with Crippen LogP contribution in [0, 0.1) is 5.92 Å². The number of para-hydroxylation sites is 1. The SMILES string of the molecule is CC(C)(C)OC(=O)N1CCC(CNC(=O)N2C(=O)C(C)(C)c3ccccc32)CC1. The Morgan fingerprint density at radius 1 is 1.17 bits per heavy atom. The lowest BCUT2D eigenvalue weighted by Crippen LogP contribution is -2.48. The third-order valence-corrected chi connectivity index (χ3v) is 5.57. The standard InChI is InChI=1S/C22H31N3O4/c1-21(2,3)29-20(28)24-12-10-15(11-13-24)14-23-19(27)25-17-9-7-6-8-16(17)22(4,5)18(25)26/h6-9,15H,10-14H2,1-5H3,(H,23,27). The maximum absolute atomic E-state index is 12.8. The second-order valence-corrected chi connectivity index (χ2v) is 9.38. The molecule has 1 aromatic carbocycles. The second-order valence-electron chi connectivity index (χ2n) is 9.38. The minimum Gasteiger partial charge on any atom is -0.444 e. The predicted octanol–water partition coefficient (Wildman–Crippen LogP) is 3.67. The Morgan fingerprint density at radius 2 is 1.79 bits per heavy atom. The highest BCUT2D eigenvalue weighted by Crippen LogP contribution is 2.41. The first-order valence-electron chi connectivity index (χ1n) is 10.2. The van der Waals surface area contributed by atoms with Gasteiger partial charge in [-0.1, -0.05) is 18.2 Å². The summed E-state index contributed by atoms with van der Waals surface area (Å²) in [5, 5.41) is 2.92. The lowest BCUT2D eigenvalue weighted by Gasteiger charge is -2.33. The number of fused-ring (bicyclic) bond motifs is 1. The van der Waals surface area contributed by atoms with E-state index < -0.39 is 11.0 Å². The number of ether oxygens (including phenoxy) is 1. The molecule has 3 rings (SSSR count). The summed E-state index contributed by atoms with van der Waals surface area (Å²) in [4.78, 5) is 40.7. The first-order valence-corrected chi connectivity index (χ1v) is 10.2. The van der Waals surface area contributed by atoms with Crippen LogP contribution >= 0.6 is 0 Å². The molecule has 0 radical (unpaired) electrons. The van der Waals surface area contributed by atoms with Crippen LogP contribution in [0.5, 0.6) is 0 Å². The zero-order valence-electron chi connectivity index (χ0n) is 17.9. The minimum atomic E-state index is -0.716. The number of nitrogens with zero attached hydrogens (tertiary/aromatic N) is 2.